The Morgan fingerprint density at radius 3 is 2.79 bits per heavy atom. The molecular formula is C21H27F3N4O. The van der Waals surface area contributed by atoms with Crippen LogP contribution < -0.4 is 5.32 Å². The normalized spacial score (nSPS) is 18.9. The third-order valence-electron chi connectivity index (χ3n) is 5.51. The first-order chi connectivity index (χ1) is 13.6. The second-order valence-corrected chi connectivity index (χ2v) is 7.99. The Balaban J connectivity index is 1.72. The van der Waals surface area contributed by atoms with E-state index in [1.165, 1.54) is 6.07 Å². The summed E-state index contributed by atoms with van der Waals surface area (Å²) in [6.07, 6.45) is -1.04. The van der Waals surface area contributed by atoms with Crippen molar-refractivity contribution >= 4 is 5.91 Å². The lowest BCUT2D eigenvalue weighted by atomic mass is 10.1. The van der Waals surface area contributed by atoms with Crippen LogP contribution in [0.25, 0.3) is 11.3 Å². The van der Waals surface area contributed by atoms with E-state index < -0.39 is 11.7 Å². The number of hydrogen-bond donors (Lipinski definition) is 2. The van der Waals surface area contributed by atoms with E-state index in [0.29, 0.717) is 23.0 Å². The molecule has 1 aromatic carbocycles. The maximum Gasteiger partial charge on any atom is 0.416 e. The topological polar surface area (TPSA) is 61.0 Å². The molecular weight excluding hydrogens is 381 g/mol. The molecule has 1 saturated heterocycles. The van der Waals surface area contributed by atoms with Crippen molar-refractivity contribution in [2.75, 3.05) is 13.1 Å². The Bertz CT molecular complexity index is 846. The minimum absolute atomic E-state index is 0.0252. The van der Waals surface area contributed by atoms with Crippen LogP contribution >= 0.6 is 0 Å². The Hall–Kier alpha value is -2.35. The second-order valence-electron chi connectivity index (χ2n) is 7.99. The fourth-order valence-corrected chi connectivity index (χ4v) is 3.49. The number of likely N-dealkylation sites (tertiary alicyclic amines) is 1. The summed E-state index contributed by atoms with van der Waals surface area (Å²) in [5, 5.41) is 3.01. The fraction of sp³-hybridized carbons (Fsp3) is 0.524. The summed E-state index contributed by atoms with van der Waals surface area (Å²) in [4.78, 5) is 22.0. The quantitative estimate of drug-likeness (QED) is 0.745. The molecule has 0 bridgehead atoms. The SMILES string of the molecule is CC(C)C(C)NC(=O)CN1CCCC1c1ncc(-c2cccc(C(F)(F)F)c2)[nH]1. The van der Waals surface area contributed by atoms with Gasteiger partial charge in [0.05, 0.1) is 30.0 Å². The molecule has 1 aliphatic heterocycles. The number of aromatic nitrogens is 2. The highest BCUT2D eigenvalue weighted by Gasteiger charge is 2.32. The van der Waals surface area contributed by atoms with Gasteiger partial charge in [-0.15, -0.1) is 0 Å². The highest BCUT2D eigenvalue weighted by molar-refractivity contribution is 5.78. The third kappa shape index (κ3) is 5.18. The maximum absolute atomic E-state index is 13.0. The number of nitrogens with zero attached hydrogens (tertiary/aromatic N) is 2. The number of alkyl halides is 3. The average Bonchev–Trinajstić information content (AvgIpc) is 3.30. The lowest BCUT2D eigenvalue weighted by Crippen LogP contribution is -2.42. The average molecular weight is 408 g/mol. The molecule has 8 heteroatoms. The van der Waals surface area contributed by atoms with Gasteiger partial charge in [0.25, 0.3) is 0 Å². The Morgan fingerprint density at radius 1 is 1.34 bits per heavy atom. The summed E-state index contributed by atoms with van der Waals surface area (Å²) >= 11 is 0. The Kier molecular flexibility index (Phi) is 6.31. The molecule has 5 nitrogen and oxygen atoms in total. The number of H-pyrrole nitrogens is 1. The summed E-state index contributed by atoms with van der Waals surface area (Å²) in [6.45, 7) is 7.16. The molecule has 29 heavy (non-hydrogen) atoms. The first-order valence-electron chi connectivity index (χ1n) is 9.91. The minimum atomic E-state index is -4.39. The highest BCUT2D eigenvalue weighted by Crippen LogP contribution is 2.34. The van der Waals surface area contributed by atoms with Crippen molar-refractivity contribution in [2.45, 2.75) is 51.9 Å². The van der Waals surface area contributed by atoms with Crippen LogP contribution in [0.2, 0.25) is 0 Å². The van der Waals surface area contributed by atoms with Gasteiger partial charge in [0.1, 0.15) is 5.82 Å². The van der Waals surface area contributed by atoms with E-state index in [4.69, 9.17) is 0 Å². The number of rotatable bonds is 6. The zero-order valence-corrected chi connectivity index (χ0v) is 16.9. The highest BCUT2D eigenvalue weighted by atomic mass is 19.4. The first kappa shape index (κ1) is 21.4. The molecule has 0 radical (unpaired) electrons. The van der Waals surface area contributed by atoms with Crippen molar-refractivity contribution < 1.29 is 18.0 Å². The molecule has 2 aromatic rings. The molecule has 2 heterocycles. The molecule has 1 aromatic heterocycles. The van der Waals surface area contributed by atoms with E-state index in [1.54, 1.807) is 12.3 Å². The van der Waals surface area contributed by atoms with E-state index in [-0.39, 0.29) is 24.5 Å². The molecule has 1 amide bonds. The van der Waals surface area contributed by atoms with Crippen molar-refractivity contribution in [1.29, 1.82) is 0 Å². The monoisotopic (exact) mass is 408 g/mol. The van der Waals surface area contributed by atoms with Gasteiger partial charge in [-0.05, 0) is 44.4 Å². The van der Waals surface area contributed by atoms with Gasteiger partial charge >= 0.3 is 6.18 Å². The number of hydrogen-bond acceptors (Lipinski definition) is 3. The summed E-state index contributed by atoms with van der Waals surface area (Å²) in [5.41, 5.74) is 0.284. The first-order valence-corrected chi connectivity index (χ1v) is 9.91. The summed E-state index contributed by atoms with van der Waals surface area (Å²) < 4.78 is 38.9. The molecule has 0 spiro atoms. The Morgan fingerprint density at radius 2 is 2.10 bits per heavy atom. The van der Waals surface area contributed by atoms with Gasteiger partial charge < -0.3 is 10.3 Å². The van der Waals surface area contributed by atoms with Crippen molar-refractivity contribution in [3.8, 4) is 11.3 Å². The predicted molar refractivity (Wildman–Crippen MR) is 105 cm³/mol. The van der Waals surface area contributed by atoms with Gasteiger partial charge in [-0.25, -0.2) is 4.98 Å². The Labute approximate surface area is 168 Å². The summed E-state index contributed by atoms with van der Waals surface area (Å²) in [5.74, 6) is 1.01. The number of carbonyl (C=O) groups excluding carboxylic acids is 1. The van der Waals surface area contributed by atoms with E-state index in [2.05, 4.69) is 34.0 Å². The van der Waals surface area contributed by atoms with Gasteiger partial charge in [0.15, 0.2) is 0 Å². The molecule has 2 atom stereocenters. The van der Waals surface area contributed by atoms with Crippen LogP contribution in [-0.2, 0) is 11.0 Å². The van der Waals surface area contributed by atoms with E-state index in [1.807, 2.05) is 6.92 Å². The lowest BCUT2D eigenvalue weighted by molar-refractivity contribution is -0.137. The van der Waals surface area contributed by atoms with Crippen LogP contribution in [0, 0.1) is 5.92 Å². The number of amides is 1. The van der Waals surface area contributed by atoms with E-state index in [9.17, 15) is 18.0 Å². The predicted octanol–water partition coefficient (Wildman–Crippen LogP) is 4.39. The molecule has 2 N–H and O–H groups in total. The molecule has 1 aliphatic rings. The van der Waals surface area contributed by atoms with Crippen molar-refractivity contribution in [1.82, 2.24) is 20.2 Å². The van der Waals surface area contributed by atoms with E-state index in [0.717, 1.165) is 31.5 Å². The van der Waals surface area contributed by atoms with Crippen molar-refractivity contribution in [3.05, 3.63) is 41.9 Å². The summed E-state index contributed by atoms with van der Waals surface area (Å²) in [7, 11) is 0. The number of halogens is 3. The number of aromatic amines is 1. The molecule has 3 rings (SSSR count). The minimum Gasteiger partial charge on any atom is -0.352 e. The van der Waals surface area contributed by atoms with Crippen LogP contribution in [0.5, 0.6) is 0 Å². The lowest BCUT2D eigenvalue weighted by Gasteiger charge is -2.24. The van der Waals surface area contributed by atoms with Crippen LogP contribution in [0.15, 0.2) is 30.5 Å². The molecule has 1 fully saturated rings. The number of nitrogens with one attached hydrogen (secondary N) is 2. The maximum atomic E-state index is 13.0. The number of carbonyl (C=O) groups is 1. The molecule has 2 unspecified atom stereocenters. The van der Waals surface area contributed by atoms with Gasteiger partial charge in [-0.1, -0.05) is 26.0 Å². The van der Waals surface area contributed by atoms with Crippen LogP contribution in [0.4, 0.5) is 13.2 Å². The number of benzene rings is 1. The standard InChI is InChI=1S/C21H27F3N4O/c1-13(2)14(3)26-19(29)12-28-9-5-8-18(28)20-25-11-17(27-20)15-6-4-7-16(10-15)21(22,23)24/h4,6-7,10-11,13-14,18H,5,8-9,12H2,1-3H3,(H,25,27)(H,26,29). The molecule has 158 valence electrons. The fourth-order valence-electron chi connectivity index (χ4n) is 3.49. The summed E-state index contributed by atoms with van der Waals surface area (Å²) in [6, 6.07) is 5.23. The molecule has 0 saturated carbocycles. The smallest absolute Gasteiger partial charge is 0.352 e. The second kappa shape index (κ2) is 8.57. The van der Waals surface area contributed by atoms with Crippen LogP contribution in [0.3, 0.4) is 0 Å². The van der Waals surface area contributed by atoms with Gasteiger partial charge in [-0.3, -0.25) is 9.69 Å². The zero-order valence-electron chi connectivity index (χ0n) is 16.9. The van der Waals surface area contributed by atoms with Crippen LogP contribution in [-0.4, -0.2) is 39.9 Å². The van der Waals surface area contributed by atoms with Crippen molar-refractivity contribution in [2.24, 2.45) is 5.92 Å². The van der Waals surface area contributed by atoms with Gasteiger partial charge in [0.2, 0.25) is 5.91 Å². The number of imidazole rings is 1. The third-order valence-corrected chi connectivity index (χ3v) is 5.51. The zero-order chi connectivity index (χ0) is 21.2. The van der Waals surface area contributed by atoms with Crippen molar-refractivity contribution in [3.63, 3.8) is 0 Å². The van der Waals surface area contributed by atoms with Gasteiger partial charge in [-0.2, -0.15) is 13.2 Å². The largest absolute Gasteiger partial charge is 0.416 e. The molecule has 0 aliphatic carbocycles. The van der Waals surface area contributed by atoms with E-state index >= 15 is 0 Å². The van der Waals surface area contributed by atoms with Gasteiger partial charge in [0, 0.05) is 11.6 Å². The van der Waals surface area contributed by atoms with Crippen LogP contribution in [0.1, 0.15) is 51.0 Å².